The Morgan fingerprint density at radius 3 is 1.96 bits per heavy atom. The van der Waals surface area contributed by atoms with Crippen molar-refractivity contribution in [2.24, 2.45) is 0 Å². The molecule has 2 fully saturated rings. The van der Waals surface area contributed by atoms with Crippen molar-refractivity contribution in [2.45, 2.75) is 53.5 Å². The third-order valence-electron chi connectivity index (χ3n) is 4.96. The Morgan fingerprint density at radius 2 is 1.44 bits per heavy atom. The maximum Gasteiger partial charge on any atom is 0.146 e. The Hall–Kier alpha value is -1.13. The largest absolute Gasteiger partial charge is 0.369 e. The molecule has 2 saturated heterocycles. The Bertz CT molecular complexity index is 476. The van der Waals surface area contributed by atoms with Gasteiger partial charge < -0.3 is 9.80 Å². The van der Waals surface area contributed by atoms with Crippen molar-refractivity contribution in [2.75, 3.05) is 51.2 Å². The fourth-order valence-corrected chi connectivity index (χ4v) is 3.53. The number of piperazine rings is 1. The average Bonchev–Trinajstić information content (AvgIpc) is 2.66. The van der Waals surface area contributed by atoms with Crippen LogP contribution >= 0.6 is 0 Å². The molecule has 1 aromatic carbocycles. The first-order valence-corrected chi connectivity index (χ1v) is 10.1. The first kappa shape index (κ1) is 21.9. The minimum absolute atomic E-state index is 0.0759. The summed E-state index contributed by atoms with van der Waals surface area (Å²) in [5.74, 6) is -0.0759. The number of piperidine rings is 1. The van der Waals surface area contributed by atoms with Crippen LogP contribution in [0.2, 0.25) is 0 Å². The van der Waals surface area contributed by atoms with E-state index in [1.54, 1.807) is 6.07 Å². The molecule has 0 radical (unpaired) electrons. The number of anilines is 1. The van der Waals surface area contributed by atoms with E-state index >= 15 is 0 Å². The molecule has 3 nitrogen and oxygen atoms in total. The maximum atomic E-state index is 14.1. The highest BCUT2D eigenvalue weighted by Gasteiger charge is 2.27. The quantitative estimate of drug-likeness (QED) is 0.782. The maximum absolute atomic E-state index is 14.1. The first-order chi connectivity index (χ1) is 12.1. The van der Waals surface area contributed by atoms with Crippen LogP contribution in [0, 0.1) is 12.7 Å². The lowest BCUT2D eigenvalue weighted by molar-refractivity contribution is 0.0981. The lowest BCUT2D eigenvalue weighted by Gasteiger charge is -2.42. The normalized spacial score (nSPS) is 19.6. The summed E-state index contributed by atoms with van der Waals surface area (Å²) in [4.78, 5) is 7.23. The highest BCUT2D eigenvalue weighted by Crippen LogP contribution is 2.26. The molecular weight excluding hydrogens is 313 g/mol. The molecule has 0 saturated carbocycles. The summed E-state index contributed by atoms with van der Waals surface area (Å²) in [5.41, 5.74) is 1.76. The van der Waals surface area contributed by atoms with Crippen molar-refractivity contribution in [3.8, 4) is 0 Å². The average molecular weight is 352 g/mol. The Kier molecular flexibility index (Phi) is 10.1. The monoisotopic (exact) mass is 351 g/mol. The van der Waals surface area contributed by atoms with Crippen LogP contribution in [0.1, 0.15) is 46.1 Å². The van der Waals surface area contributed by atoms with E-state index in [-0.39, 0.29) is 5.82 Å². The van der Waals surface area contributed by atoms with Crippen LogP contribution in [0.5, 0.6) is 0 Å². The molecule has 4 heteroatoms. The Labute approximate surface area is 154 Å². The molecule has 1 aromatic rings. The van der Waals surface area contributed by atoms with E-state index in [1.807, 2.05) is 46.8 Å². The van der Waals surface area contributed by atoms with Crippen LogP contribution < -0.4 is 4.90 Å². The molecule has 0 aromatic heterocycles. The number of hydrogen-bond acceptors (Lipinski definition) is 3. The molecule has 2 aliphatic heterocycles. The number of nitrogens with zero attached hydrogens (tertiary/aromatic N) is 3. The molecule has 3 rings (SSSR count). The molecule has 0 bridgehead atoms. The summed E-state index contributed by atoms with van der Waals surface area (Å²) >= 11 is 0. The minimum Gasteiger partial charge on any atom is -0.369 e. The zero-order valence-corrected chi connectivity index (χ0v) is 17.2. The van der Waals surface area contributed by atoms with Crippen LogP contribution in [0.15, 0.2) is 18.2 Å². The second-order valence-corrected chi connectivity index (χ2v) is 6.51. The van der Waals surface area contributed by atoms with Gasteiger partial charge in [0.1, 0.15) is 5.82 Å². The topological polar surface area (TPSA) is 9.72 Å². The molecule has 0 amide bonds. The van der Waals surface area contributed by atoms with Gasteiger partial charge in [-0.2, -0.15) is 0 Å². The second kappa shape index (κ2) is 11.5. The van der Waals surface area contributed by atoms with E-state index in [4.69, 9.17) is 0 Å². The van der Waals surface area contributed by atoms with Crippen LogP contribution in [-0.4, -0.2) is 62.2 Å². The predicted octanol–water partition coefficient (Wildman–Crippen LogP) is 4.40. The van der Waals surface area contributed by atoms with Gasteiger partial charge in [-0.1, -0.05) is 33.8 Å². The molecule has 2 heterocycles. The van der Waals surface area contributed by atoms with Crippen LogP contribution in [0.3, 0.4) is 0 Å². The fraction of sp³-hybridized carbons (Fsp3) is 0.714. The molecule has 0 aliphatic carbocycles. The summed E-state index contributed by atoms with van der Waals surface area (Å²) in [5, 5.41) is 0. The van der Waals surface area contributed by atoms with Gasteiger partial charge in [-0.15, -0.1) is 0 Å². The lowest BCUT2D eigenvalue weighted by Crippen LogP contribution is -2.52. The molecule has 25 heavy (non-hydrogen) atoms. The minimum atomic E-state index is -0.0759. The number of hydrogen-bond donors (Lipinski definition) is 0. The van der Waals surface area contributed by atoms with E-state index in [9.17, 15) is 4.39 Å². The predicted molar refractivity (Wildman–Crippen MR) is 108 cm³/mol. The number of likely N-dealkylation sites (N-methyl/N-ethyl adjacent to an activating group) is 1. The van der Waals surface area contributed by atoms with Gasteiger partial charge in [0.15, 0.2) is 0 Å². The van der Waals surface area contributed by atoms with Gasteiger partial charge in [-0.3, -0.25) is 4.90 Å². The smallest absolute Gasteiger partial charge is 0.146 e. The first-order valence-electron chi connectivity index (χ1n) is 10.1. The molecule has 0 atom stereocenters. The summed E-state index contributed by atoms with van der Waals surface area (Å²) in [6, 6.07) is 6.26. The summed E-state index contributed by atoms with van der Waals surface area (Å²) in [7, 11) is 2.19. The molecule has 144 valence electrons. The summed E-state index contributed by atoms with van der Waals surface area (Å²) in [6.07, 6.45) is 2.30. The van der Waals surface area contributed by atoms with Crippen LogP contribution in [0.4, 0.5) is 10.1 Å². The van der Waals surface area contributed by atoms with E-state index in [1.165, 1.54) is 26.2 Å². The fourth-order valence-electron chi connectivity index (χ4n) is 3.53. The van der Waals surface area contributed by atoms with E-state index in [0.717, 1.165) is 37.2 Å². The SMILES string of the molecule is CC.CC.Cc1ccc(N2CCC(N3CCN(C)CC3)CC2)c(F)c1. The zero-order valence-electron chi connectivity index (χ0n) is 17.2. The highest BCUT2D eigenvalue weighted by molar-refractivity contribution is 5.49. The third-order valence-corrected chi connectivity index (χ3v) is 4.96. The van der Waals surface area contributed by atoms with Gasteiger partial charge in [-0.25, -0.2) is 4.39 Å². The van der Waals surface area contributed by atoms with Gasteiger partial charge in [0.25, 0.3) is 0 Å². The van der Waals surface area contributed by atoms with Crippen LogP contribution in [0.25, 0.3) is 0 Å². The van der Waals surface area contributed by atoms with Gasteiger partial charge in [0.2, 0.25) is 0 Å². The number of aryl methyl sites for hydroxylation is 1. The van der Waals surface area contributed by atoms with E-state index < -0.39 is 0 Å². The lowest BCUT2D eigenvalue weighted by atomic mass is 10.0. The van der Waals surface area contributed by atoms with Crippen molar-refractivity contribution in [1.29, 1.82) is 0 Å². The standard InChI is InChI=1S/C17H26FN3.2C2H6/c1-14-3-4-17(16(18)13-14)21-7-5-15(6-8-21)20-11-9-19(2)10-12-20;2*1-2/h3-4,13,15H,5-12H2,1-2H3;2*1-2H3. The Morgan fingerprint density at radius 1 is 0.880 bits per heavy atom. The van der Waals surface area contributed by atoms with E-state index in [2.05, 4.69) is 21.7 Å². The second-order valence-electron chi connectivity index (χ2n) is 6.51. The van der Waals surface area contributed by atoms with E-state index in [0.29, 0.717) is 6.04 Å². The molecular formula is C21H38FN3. The summed E-state index contributed by atoms with van der Waals surface area (Å²) < 4.78 is 14.1. The van der Waals surface area contributed by atoms with Crippen molar-refractivity contribution in [3.05, 3.63) is 29.6 Å². The molecule has 0 N–H and O–H groups in total. The van der Waals surface area contributed by atoms with Crippen LogP contribution in [-0.2, 0) is 0 Å². The van der Waals surface area contributed by atoms with Gasteiger partial charge in [0, 0.05) is 45.3 Å². The van der Waals surface area contributed by atoms with Crippen molar-refractivity contribution in [1.82, 2.24) is 9.80 Å². The molecule has 2 aliphatic rings. The van der Waals surface area contributed by atoms with Crippen molar-refractivity contribution < 1.29 is 4.39 Å². The summed E-state index contributed by atoms with van der Waals surface area (Å²) in [6.45, 7) is 16.6. The molecule has 0 spiro atoms. The molecule has 0 unspecified atom stereocenters. The van der Waals surface area contributed by atoms with Gasteiger partial charge in [-0.05, 0) is 44.5 Å². The number of halogens is 1. The van der Waals surface area contributed by atoms with Crippen molar-refractivity contribution >= 4 is 5.69 Å². The highest BCUT2D eigenvalue weighted by atomic mass is 19.1. The van der Waals surface area contributed by atoms with Gasteiger partial charge in [0.05, 0.1) is 5.69 Å². The number of benzene rings is 1. The third kappa shape index (κ3) is 6.27. The van der Waals surface area contributed by atoms with Gasteiger partial charge >= 0.3 is 0 Å². The van der Waals surface area contributed by atoms with Crippen molar-refractivity contribution in [3.63, 3.8) is 0 Å². The Balaban J connectivity index is 0.000000730. The number of rotatable bonds is 2. The zero-order chi connectivity index (χ0) is 18.8.